The summed E-state index contributed by atoms with van der Waals surface area (Å²) < 4.78 is 9.92. The highest BCUT2D eigenvalue weighted by atomic mass is 16.7. The summed E-state index contributed by atoms with van der Waals surface area (Å²) in [7, 11) is 0. The highest BCUT2D eigenvalue weighted by Gasteiger charge is 2.30. The number of ether oxygens (including phenoxy) is 2. The fourth-order valence-electron chi connectivity index (χ4n) is 2.51. The van der Waals surface area contributed by atoms with Crippen LogP contribution < -0.4 is 5.32 Å². The number of amides is 2. The van der Waals surface area contributed by atoms with E-state index in [1.54, 1.807) is 6.92 Å². The van der Waals surface area contributed by atoms with Crippen molar-refractivity contribution in [2.24, 2.45) is 0 Å². The molecule has 1 aliphatic rings. The summed E-state index contributed by atoms with van der Waals surface area (Å²) in [6.07, 6.45) is 1.28. The lowest BCUT2D eigenvalue weighted by Gasteiger charge is -2.23. The second-order valence-electron chi connectivity index (χ2n) is 5.77. The maximum Gasteiger partial charge on any atom is 0.408 e. The molecule has 8 heteroatoms. The molecule has 0 aromatic heterocycles. The van der Waals surface area contributed by atoms with E-state index in [4.69, 9.17) is 14.3 Å². The summed E-state index contributed by atoms with van der Waals surface area (Å²) in [5.41, 5.74) is 0.856. The van der Waals surface area contributed by atoms with E-state index in [9.17, 15) is 14.4 Å². The Kier molecular flexibility index (Phi) is 7.88. The molecule has 2 amide bonds. The van der Waals surface area contributed by atoms with Crippen LogP contribution in [-0.2, 0) is 30.5 Å². The first kappa shape index (κ1) is 19.7. The molecule has 26 heavy (non-hydrogen) atoms. The molecular formula is C18H24N2O6. The number of hydrogen-bond donors (Lipinski definition) is 1. The number of benzene rings is 1. The molecule has 1 N–H and O–H groups in total. The second-order valence-corrected chi connectivity index (χ2v) is 5.77. The minimum Gasteiger partial charge on any atom is -0.464 e. The highest BCUT2D eigenvalue weighted by molar-refractivity contribution is 5.85. The fraction of sp³-hybridized carbons (Fsp3) is 0.500. The Labute approximate surface area is 152 Å². The SMILES string of the molecule is CCOC(=O)CON1CCCC[C@H](NC(=O)OCc2ccccc2)C1=O. The van der Waals surface area contributed by atoms with E-state index < -0.39 is 24.0 Å². The first-order valence-electron chi connectivity index (χ1n) is 8.67. The van der Waals surface area contributed by atoms with Crippen LogP contribution in [0.25, 0.3) is 0 Å². The second kappa shape index (κ2) is 10.4. The first-order chi connectivity index (χ1) is 12.6. The van der Waals surface area contributed by atoms with E-state index in [2.05, 4.69) is 5.32 Å². The number of nitrogens with one attached hydrogen (secondary N) is 1. The molecule has 0 aliphatic carbocycles. The summed E-state index contributed by atoms with van der Waals surface area (Å²) in [5.74, 6) is -0.945. The Balaban J connectivity index is 1.83. The summed E-state index contributed by atoms with van der Waals surface area (Å²) in [6, 6.07) is 8.51. The Morgan fingerprint density at radius 3 is 2.69 bits per heavy atom. The minimum absolute atomic E-state index is 0.122. The lowest BCUT2D eigenvalue weighted by molar-refractivity contribution is -0.195. The van der Waals surface area contributed by atoms with Crippen LogP contribution in [0.5, 0.6) is 0 Å². The van der Waals surface area contributed by atoms with Gasteiger partial charge >= 0.3 is 12.1 Å². The molecule has 1 aromatic rings. The summed E-state index contributed by atoms with van der Waals surface area (Å²) in [4.78, 5) is 41.1. The van der Waals surface area contributed by atoms with Gasteiger partial charge in [0.1, 0.15) is 12.6 Å². The molecule has 1 heterocycles. The number of rotatable bonds is 7. The summed E-state index contributed by atoms with van der Waals surface area (Å²) >= 11 is 0. The van der Waals surface area contributed by atoms with Crippen LogP contribution in [0.15, 0.2) is 30.3 Å². The lowest BCUT2D eigenvalue weighted by Crippen LogP contribution is -2.48. The normalized spacial score (nSPS) is 17.3. The van der Waals surface area contributed by atoms with E-state index in [1.807, 2.05) is 30.3 Å². The largest absolute Gasteiger partial charge is 0.464 e. The topological polar surface area (TPSA) is 94.2 Å². The number of carbonyl (C=O) groups is 3. The Hall–Kier alpha value is -2.61. The molecule has 1 aromatic carbocycles. The van der Waals surface area contributed by atoms with Crippen LogP contribution in [0.1, 0.15) is 31.7 Å². The van der Waals surface area contributed by atoms with Crippen molar-refractivity contribution in [3.05, 3.63) is 35.9 Å². The van der Waals surface area contributed by atoms with Crippen LogP contribution in [0, 0.1) is 0 Å². The molecule has 8 nitrogen and oxygen atoms in total. The maximum atomic E-state index is 12.5. The Morgan fingerprint density at radius 1 is 1.19 bits per heavy atom. The van der Waals surface area contributed by atoms with Gasteiger partial charge in [0.25, 0.3) is 5.91 Å². The smallest absolute Gasteiger partial charge is 0.408 e. The zero-order valence-corrected chi connectivity index (χ0v) is 14.8. The molecule has 1 fully saturated rings. The summed E-state index contributed by atoms with van der Waals surface area (Å²) in [6.45, 7) is 2.07. The number of esters is 1. The number of hydroxylamine groups is 2. The third kappa shape index (κ3) is 6.36. The maximum absolute atomic E-state index is 12.5. The molecule has 142 valence electrons. The molecule has 1 atom stereocenters. The number of nitrogens with zero attached hydrogens (tertiary/aromatic N) is 1. The van der Waals surface area contributed by atoms with E-state index in [0.29, 0.717) is 19.4 Å². The van der Waals surface area contributed by atoms with Crippen molar-refractivity contribution in [2.45, 2.75) is 38.8 Å². The molecule has 0 saturated carbocycles. The molecule has 0 radical (unpaired) electrons. The zero-order valence-electron chi connectivity index (χ0n) is 14.8. The Bertz CT molecular complexity index is 607. The summed E-state index contributed by atoms with van der Waals surface area (Å²) in [5, 5.41) is 3.69. The average molecular weight is 364 g/mol. The van der Waals surface area contributed by atoms with Crippen LogP contribution in [0.2, 0.25) is 0 Å². The lowest BCUT2D eigenvalue weighted by atomic mass is 10.1. The predicted octanol–water partition coefficient (Wildman–Crippen LogP) is 1.79. The average Bonchev–Trinajstić information content (AvgIpc) is 2.81. The van der Waals surface area contributed by atoms with E-state index >= 15 is 0 Å². The van der Waals surface area contributed by atoms with E-state index in [-0.39, 0.29) is 19.8 Å². The van der Waals surface area contributed by atoms with Crippen molar-refractivity contribution in [3.63, 3.8) is 0 Å². The monoisotopic (exact) mass is 364 g/mol. The van der Waals surface area contributed by atoms with Gasteiger partial charge in [0, 0.05) is 6.54 Å². The van der Waals surface area contributed by atoms with Gasteiger partial charge in [0.15, 0.2) is 6.61 Å². The number of alkyl carbamates (subject to hydrolysis) is 1. The van der Waals surface area contributed by atoms with Gasteiger partial charge in [-0.05, 0) is 31.7 Å². The van der Waals surface area contributed by atoms with Gasteiger partial charge in [0.05, 0.1) is 6.61 Å². The predicted molar refractivity (Wildman–Crippen MR) is 91.7 cm³/mol. The van der Waals surface area contributed by atoms with Crippen molar-refractivity contribution in [3.8, 4) is 0 Å². The standard InChI is InChI=1S/C18H24N2O6/c1-2-24-16(21)13-26-20-11-7-6-10-15(17(20)22)19-18(23)25-12-14-8-4-3-5-9-14/h3-5,8-9,15H,2,6-7,10-13H2,1H3,(H,19,23)/t15-/m0/s1. The molecule has 1 saturated heterocycles. The van der Waals surface area contributed by atoms with Gasteiger partial charge in [-0.15, -0.1) is 0 Å². The quantitative estimate of drug-likeness (QED) is 0.742. The molecule has 0 bridgehead atoms. The third-order valence-electron chi connectivity index (χ3n) is 3.80. The van der Waals surface area contributed by atoms with Crippen LogP contribution >= 0.6 is 0 Å². The van der Waals surface area contributed by atoms with Crippen LogP contribution in [-0.4, -0.2) is 48.8 Å². The van der Waals surface area contributed by atoms with Gasteiger partial charge < -0.3 is 14.8 Å². The number of carbonyl (C=O) groups excluding carboxylic acids is 3. The van der Waals surface area contributed by atoms with Gasteiger partial charge in [0.2, 0.25) is 0 Å². The van der Waals surface area contributed by atoms with Crippen molar-refractivity contribution >= 4 is 18.0 Å². The van der Waals surface area contributed by atoms with Gasteiger partial charge in [-0.25, -0.2) is 14.7 Å². The molecular weight excluding hydrogens is 340 g/mol. The minimum atomic E-state index is -0.747. The third-order valence-corrected chi connectivity index (χ3v) is 3.80. The van der Waals surface area contributed by atoms with Gasteiger partial charge in [-0.1, -0.05) is 30.3 Å². The Morgan fingerprint density at radius 2 is 1.96 bits per heavy atom. The first-order valence-corrected chi connectivity index (χ1v) is 8.67. The molecule has 1 aliphatic heterocycles. The van der Waals surface area contributed by atoms with Crippen LogP contribution in [0.4, 0.5) is 4.79 Å². The van der Waals surface area contributed by atoms with Gasteiger partial charge in [-0.3, -0.25) is 9.63 Å². The highest BCUT2D eigenvalue weighted by Crippen LogP contribution is 2.13. The van der Waals surface area contributed by atoms with E-state index in [1.165, 1.54) is 0 Å². The van der Waals surface area contributed by atoms with Crippen LogP contribution in [0.3, 0.4) is 0 Å². The zero-order chi connectivity index (χ0) is 18.8. The van der Waals surface area contributed by atoms with Crippen molar-refractivity contribution in [1.29, 1.82) is 0 Å². The van der Waals surface area contributed by atoms with Crippen molar-refractivity contribution < 1.29 is 28.7 Å². The molecule has 0 spiro atoms. The van der Waals surface area contributed by atoms with Crippen molar-refractivity contribution in [1.82, 2.24) is 10.4 Å². The molecule has 2 rings (SSSR count). The fourth-order valence-corrected chi connectivity index (χ4v) is 2.51. The molecule has 0 unspecified atom stereocenters. The number of hydrogen-bond acceptors (Lipinski definition) is 6. The van der Waals surface area contributed by atoms with Gasteiger partial charge in [-0.2, -0.15) is 0 Å². The van der Waals surface area contributed by atoms with Crippen molar-refractivity contribution in [2.75, 3.05) is 19.8 Å². The van der Waals surface area contributed by atoms with E-state index in [0.717, 1.165) is 17.0 Å².